The molecule has 0 atom stereocenters. The van der Waals surface area contributed by atoms with Crippen LogP contribution >= 0.6 is 0 Å². The largest absolute Gasteiger partial charge is 0.322 e. The highest BCUT2D eigenvalue weighted by atomic mass is 16.1. The Morgan fingerprint density at radius 1 is 0.913 bits per heavy atom. The normalized spacial score (nSPS) is 10.3. The summed E-state index contributed by atoms with van der Waals surface area (Å²) in [5.41, 5.74) is 5.59. The van der Waals surface area contributed by atoms with E-state index in [9.17, 15) is 4.79 Å². The second-order valence-corrected chi connectivity index (χ2v) is 5.55. The topological polar surface area (TPSA) is 42.0 Å². The number of hydrogen-bond donors (Lipinski definition) is 1. The summed E-state index contributed by atoms with van der Waals surface area (Å²) in [6.45, 7) is 4.08. The minimum Gasteiger partial charge on any atom is -0.322 e. The highest BCUT2D eigenvalue weighted by molar-refractivity contribution is 6.04. The van der Waals surface area contributed by atoms with Gasteiger partial charge in [0.1, 0.15) is 0 Å². The molecule has 1 amide bonds. The van der Waals surface area contributed by atoms with Crippen molar-refractivity contribution in [2.75, 3.05) is 5.32 Å². The first-order chi connectivity index (χ1) is 11.1. The van der Waals surface area contributed by atoms with Gasteiger partial charge < -0.3 is 5.32 Å². The SMILES string of the molecule is Cc1ccc(NC(=O)c2ccc(-c3ccccc3)nc2)cc1C. The Labute approximate surface area is 136 Å². The third-order valence-corrected chi connectivity index (χ3v) is 3.86. The van der Waals surface area contributed by atoms with Gasteiger partial charge in [-0.15, -0.1) is 0 Å². The average molecular weight is 302 g/mol. The second kappa shape index (κ2) is 6.44. The van der Waals surface area contributed by atoms with E-state index in [0.29, 0.717) is 5.56 Å². The maximum absolute atomic E-state index is 12.3. The Morgan fingerprint density at radius 3 is 2.35 bits per heavy atom. The van der Waals surface area contributed by atoms with Crippen molar-refractivity contribution >= 4 is 11.6 Å². The maximum atomic E-state index is 12.3. The molecular formula is C20H18N2O. The minimum atomic E-state index is -0.152. The molecule has 1 heterocycles. The molecule has 2 aromatic carbocycles. The van der Waals surface area contributed by atoms with Gasteiger partial charge in [0.15, 0.2) is 0 Å². The molecule has 0 bridgehead atoms. The minimum absolute atomic E-state index is 0.152. The molecule has 0 unspecified atom stereocenters. The van der Waals surface area contributed by atoms with Crippen LogP contribution in [0.25, 0.3) is 11.3 Å². The standard InChI is InChI=1S/C20H18N2O/c1-14-8-10-18(12-15(14)2)22-20(23)17-9-11-19(21-13-17)16-6-4-3-5-7-16/h3-13H,1-2H3,(H,22,23). The van der Waals surface area contributed by atoms with Crippen molar-refractivity contribution in [3.8, 4) is 11.3 Å². The molecule has 1 aromatic heterocycles. The van der Waals surface area contributed by atoms with Crippen molar-refractivity contribution in [1.29, 1.82) is 0 Å². The zero-order valence-electron chi connectivity index (χ0n) is 13.2. The molecule has 0 fully saturated rings. The second-order valence-electron chi connectivity index (χ2n) is 5.55. The van der Waals surface area contributed by atoms with E-state index < -0.39 is 0 Å². The predicted octanol–water partition coefficient (Wildman–Crippen LogP) is 4.62. The van der Waals surface area contributed by atoms with Crippen LogP contribution in [0.15, 0.2) is 66.9 Å². The molecule has 1 N–H and O–H groups in total. The Morgan fingerprint density at radius 2 is 1.70 bits per heavy atom. The van der Waals surface area contributed by atoms with E-state index >= 15 is 0 Å². The molecule has 0 aliphatic heterocycles. The molecule has 0 radical (unpaired) electrons. The van der Waals surface area contributed by atoms with Gasteiger partial charge in [-0.2, -0.15) is 0 Å². The summed E-state index contributed by atoms with van der Waals surface area (Å²) in [6, 6.07) is 19.4. The first kappa shape index (κ1) is 15.0. The molecule has 0 aliphatic rings. The van der Waals surface area contributed by atoms with Crippen LogP contribution in [-0.2, 0) is 0 Å². The number of aromatic nitrogens is 1. The number of aryl methyl sites for hydroxylation is 2. The monoisotopic (exact) mass is 302 g/mol. The number of carbonyl (C=O) groups excluding carboxylic acids is 1. The van der Waals surface area contributed by atoms with Gasteiger partial charge in [-0.05, 0) is 49.2 Å². The molecule has 23 heavy (non-hydrogen) atoms. The van der Waals surface area contributed by atoms with E-state index in [1.54, 1.807) is 12.3 Å². The lowest BCUT2D eigenvalue weighted by Gasteiger charge is -2.08. The fraction of sp³-hybridized carbons (Fsp3) is 0.100. The molecule has 0 saturated carbocycles. The van der Waals surface area contributed by atoms with Crippen LogP contribution in [0.4, 0.5) is 5.69 Å². The Kier molecular flexibility index (Phi) is 4.20. The van der Waals surface area contributed by atoms with Gasteiger partial charge in [-0.1, -0.05) is 36.4 Å². The van der Waals surface area contributed by atoms with E-state index in [2.05, 4.69) is 10.3 Å². The molecule has 3 rings (SSSR count). The highest BCUT2D eigenvalue weighted by Gasteiger charge is 2.08. The highest BCUT2D eigenvalue weighted by Crippen LogP contribution is 2.18. The van der Waals surface area contributed by atoms with Crippen LogP contribution in [0.2, 0.25) is 0 Å². The molecule has 3 heteroatoms. The summed E-state index contributed by atoms with van der Waals surface area (Å²) in [6.07, 6.45) is 1.61. The average Bonchev–Trinajstić information content (AvgIpc) is 2.59. The van der Waals surface area contributed by atoms with Gasteiger partial charge in [-0.25, -0.2) is 0 Å². The van der Waals surface area contributed by atoms with Crippen molar-refractivity contribution < 1.29 is 4.79 Å². The van der Waals surface area contributed by atoms with Gasteiger partial charge in [0.05, 0.1) is 11.3 Å². The van der Waals surface area contributed by atoms with Crippen molar-refractivity contribution in [3.63, 3.8) is 0 Å². The lowest BCUT2D eigenvalue weighted by molar-refractivity contribution is 0.102. The number of pyridine rings is 1. The van der Waals surface area contributed by atoms with E-state index in [1.165, 1.54) is 5.56 Å². The first-order valence-electron chi connectivity index (χ1n) is 7.53. The van der Waals surface area contributed by atoms with Crippen LogP contribution in [0.3, 0.4) is 0 Å². The summed E-state index contributed by atoms with van der Waals surface area (Å²) in [5.74, 6) is -0.152. The zero-order chi connectivity index (χ0) is 16.2. The van der Waals surface area contributed by atoms with Crippen molar-refractivity contribution in [1.82, 2.24) is 4.98 Å². The van der Waals surface area contributed by atoms with Crippen LogP contribution in [0.5, 0.6) is 0 Å². The Balaban J connectivity index is 1.76. The van der Waals surface area contributed by atoms with Crippen molar-refractivity contribution in [2.24, 2.45) is 0 Å². The number of amides is 1. The molecular weight excluding hydrogens is 284 g/mol. The summed E-state index contributed by atoms with van der Waals surface area (Å²) in [4.78, 5) is 16.7. The van der Waals surface area contributed by atoms with Gasteiger partial charge in [0.25, 0.3) is 5.91 Å². The summed E-state index contributed by atoms with van der Waals surface area (Å²) < 4.78 is 0. The third-order valence-electron chi connectivity index (χ3n) is 3.86. The van der Waals surface area contributed by atoms with Gasteiger partial charge >= 0.3 is 0 Å². The van der Waals surface area contributed by atoms with Crippen LogP contribution in [0.1, 0.15) is 21.5 Å². The fourth-order valence-corrected chi connectivity index (χ4v) is 2.33. The molecule has 0 aliphatic carbocycles. The predicted molar refractivity (Wildman–Crippen MR) is 93.5 cm³/mol. The van der Waals surface area contributed by atoms with Gasteiger partial charge in [0, 0.05) is 17.4 Å². The molecule has 0 spiro atoms. The number of anilines is 1. The van der Waals surface area contributed by atoms with Crippen molar-refractivity contribution in [2.45, 2.75) is 13.8 Å². The van der Waals surface area contributed by atoms with Gasteiger partial charge in [0.2, 0.25) is 0 Å². The Bertz CT molecular complexity index is 824. The number of benzene rings is 2. The number of carbonyl (C=O) groups is 1. The summed E-state index contributed by atoms with van der Waals surface area (Å²) in [5, 5.41) is 2.91. The fourth-order valence-electron chi connectivity index (χ4n) is 2.33. The van der Waals surface area contributed by atoms with Crippen molar-refractivity contribution in [3.05, 3.63) is 83.6 Å². The van der Waals surface area contributed by atoms with Crippen LogP contribution in [0, 0.1) is 13.8 Å². The first-order valence-corrected chi connectivity index (χ1v) is 7.53. The number of nitrogens with zero attached hydrogens (tertiary/aromatic N) is 1. The van der Waals surface area contributed by atoms with E-state index in [1.807, 2.05) is 68.4 Å². The zero-order valence-corrected chi connectivity index (χ0v) is 13.2. The molecule has 3 aromatic rings. The van der Waals surface area contributed by atoms with Crippen LogP contribution in [-0.4, -0.2) is 10.9 Å². The molecule has 114 valence electrons. The molecule has 3 nitrogen and oxygen atoms in total. The number of hydrogen-bond acceptors (Lipinski definition) is 2. The summed E-state index contributed by atoms with van der Waals surface area (Å²) >= 11 is 0. The van der Waals surface area contributed by atoms with Crippen LogP contribution < -0.4 is 5.32 Å². The van der Waals surface area contributed by atoms with E-state index in [4.69, 9.17) is 0 Å². The molecule has 0 saturated heterocycles. The quantitative estimate of drug-likeness (QED) is 0.767. The van der Waals surface area contributed by atoms with E-state index in [0.717, 1.165) is 22.5 Å². The maximum Gasteiger partial charge on any atom is 0.257 e. The van der Waals surface area contributed by atoms with Gasteiger partial charge in [-0.3, -0.25) is 9.78 Å². The lowest BCUT2D eigenvalue weighted by Crippen LogP contribution is -2.12. The lowest BCUT2D eigenvalue weighted by atomic mass is 10.1. The smallest absolute Gasteiger partial charge is 0.257 e. The Hall–Kier alpha value is -2.94. The summed E-state index contributed by atoms with van der Waals surface area (Å²) in [7, 11) is 0. The third kappa shape index (κ3) is 3.46. The number of rotatable bonds is 3. The van der Waals surface area contributed by atoms with E-state index in [-0.39, 0.29) is 5.91 Å². The number of nitrogens with one attached hydrogen (secondary N) is 1.